The van der Waals surface area contributed by atoms with Crippen molar-refractivity contribution in [1.82, 2.24) is 5.32 Å². The lowest BCUT2D eigenvalue weighted by molar-refractivity contribution is 0.0778. The van der Waals surface area contributed by atoms with Crippen molar-refractivity contribution in [2.24, 2.45) is 5.92 Å². The third-order valence-electron chi connectivity index (χ3n) is 3.61. The molecule has 2 rings (SSSR count). The molecule has 0 amide bonds. The van der Waals surface area contributed by atoms with E-state index in [-0.39, 0.29) is 0 Å². The second-order valence-electron chi connectivity index (χ2n) is 4.84. The van der Waals surface area contributed by atoms with Crippen LogP contribution >= 0.6 is 22.9 Å². The van der Waals surface area contributed by atoms with Gasteiger partial charge >= 0.3 is 0 Å². The van der Waals surface area contributed by atoms with Crippen molar-refractivity contribution in [2.45, 2.75) is 45.3 Å². The van der Waals surface area contributed by atoms with Crippen molar-refractivity contribution < 1.29 is 4.74 Å². The van der Waals surface area contributed by atoms with E-state index in [2.05, 4.69) is 25.2 Å². The summed E-state index contributed by atoms with van der Waals surface area (Å²) in [6, 6.07) is 4.56. The van der Waals surface area contributed by atoms with E-state index in [1.807, 2.05) is 6.07 Å². The standard InChI is InChI=1S/C14H22ClNOS/c1-3-8-16-14(12-5-6-13(15)18-12)10-7-9-17-11(10)4-2/h5-6,10-11,14,16H,3-4,7-9H2,1-2H3. The van der Waals surface area contributed by atoms with Crippen LogP contribution in [0.5, 0.6) is 0 Å². The third-order valence-corrected chi connectivity index (χ3v) is 4.92. The van der Waals surface area contributed by atoms with Crippen LogP contribution in [0, 0.1) is 5.92 Å². The number of rotatable bonds is 6. The maximum Gasteiger partial charge on any atom is 0.0931 e. The highest BCUT2D eigenvalue weighted by Gasteiger charge is 2.34. The second-order valence-corrected chi connectivity index (χ2v) is 6.59. The number of ether oxygens (including phenoxy) is 1. The molecule has 0 radical (unpaired) electrons. The number of hydrogen-bond donors (Lipinski definition) is 1. The Morgan fingerprint density at radius 1 is 1.50 bits per heavy atom. The zero-order valence-electron chi connectivity index (χ0n) is 11.1. The monoisotopic (exact) mass is 287 g/mol. The van der Waals surface area contributed by atoms with Gasteiger partial charge in [0.15, 0.2) is 0 Å². The van der Waals surface area contributed by atoms with Crippen LogP contribution in [0.15, 0.2) is 12.1 Å². The van der Waals surface area contributed by atoms with Crippen molar-refractivity contribution in [3.05, 3.63) is 21.3 Å². The van der Waals surface area contributed by atoms with Gasteiger partial charge in [0.1, 0.15) is 0 Å². The summed E-state index contributed by atoms with van der Waals surface area (Å²) >= 11 is 7.77. The van der Waals surface area contributed by atoms with E-state index in [1.165, 1.54) is 4.88 Å². The predicted octanol–water partition coefficient (Wildman–Crippen LogP) is 4.26. The molecule has 0 aliphatic carbocycles. The van der Waals surface area contributed by atoms with E-state index in [4.69, 9.17) is 16.3 Å². The quantitative estimate of drug-likeness (QED) is 0.844. The van der Waals surface area contributed by atoms with Gasteiger partial charge in [0.05, 0.1) is 10.4 Å². The van der Waals surface area contributed by atoms with Gasteiger partial charge in [0, 0.05) is 23.4 Å². The van der Waals surface area contributed by atoms with Gasteiger partial charge in [-0.25, -0.2) is 0 Å². The second kappa shape index (κ2) is 6.90. The summed E-state index contributed by atoms with van der Waals surface area (Å²) in [5, 5.41) is 3.68. The molecule has 2 nitrogen and oxygen atoms in total. The maximum absolute atomic E-state index is 6.07. The van der Waals surface area contributed by atoms with Gasteiger partial charge in [0.2, 0.25) is 0 Å². The van der Waals surface area contributed by atoms with Gasteiger partial charge in [-0.05, 0) is 37.9 Å². The molecule has 0 spiro atoms. The molecule has 1 fully saturated rings. The molecule has 18 heavy (non-hydrogen) atoms. The molecule has 2 heterocycles. The SMILES string of the molecule is CCCNC(c1ccc(Cl)s1)C1CCOC1CC. The first-order valence-electron chi connectivity index (χ1n) is 6.86. The van der Waals surface area contributed by atoms with E-state index >= 15 is 0 Å². The molecule has 0 saturated carbocycles. The summed E-state index contributed by atoms with van der Waals surface area (Å²) < 4.78 is 6.71. The molecule has 1 aromatic rings. The van der Waals surface area contributed by atoms with Gasteiger partial charge < -0.3 is 10.1 Å². The van der Waals surface area contributed by atoms with Gasteiger partial charge in [-0.2, -0.15) is 0 Å². The van der Waals surface area contributed by atoms with Crippen molar-refractivity contribution in [2.75, 3.05) is 13.2 Å². The lowest BCUT2D eigenvalue weighted by Gasteiger charge is -2.27. The van der Waals surface area contributed by atoms with Crippen LogP contribution in [0.1, 0.15) is 44.0 Å². The topological polar surface area (TPSA) is 21.3 Å². The van der Waals surface area contributed by atoms with Crippen LogP contribution in [-0.2, 0) is 4.74 Å². The summed E-state index contributed by atoms with van der Waals surface area (Å²) in [7, 11) is 0. The molecule has 1 aliphatic rings. The van der Waals surface area contributed by atoms with Crippen LogP contribution in [0.2, 0.25) is 4.34 Å². The zero-order valence-corrected chi connectivity index (χ0v) is 12.7. The van der Waals surface area contributed by atoms with Crippen LogP contribution < -0.4 is 5.32 Å². The number of nitrogens with one attached hydrogen (secondary N) is 1. The molecule has 3 atom stereocenters. The van der Waals surface area contributed by atoms with Crippen molar-refractivity contribution in [1.29, 1.82) is 0 Å². The smallest absolute Gasteiger partial charge is 0.0931 e. The average Bonchev–Trinajstić information content (AvgIpc) is 2.99. The Morgan fingerprint density at radius 2 is 2.33 bits per heavy atom. The molecule has 1 saturated heterocycles. The maximum atomic E-state index is 6.07. The molecule has 1 aromatic heterocycles. The largest absolute Gasteiger partial charge is 0.378 e. The summed E-state index contributed by atoms with van der Waals surface area (Å²) in [5.41, 5.74) is 0. The zero-order chi connectivity index (χ0) is 13.0. The van der Waals surface area contributed by atoms with Gasteiger partial charge in [0.25, 0.3) is 0 Å². The molecule has 0 bridgehead atoms. The summed E-state index contributed by atoms with van der Waals surface area (Å²) in [6.45, 7) is 6.36. The Balaban J connectivity index is 2.13. The fraction of sp³-hybridized carbons (Fsp3) is 0.714. The molecule has 1 N–H and O–H groups in total. The lowest BCUT2D eigenvalue weighted by Crippen LogP contribution is -2.32. The van der Waals surface area contributed by atoms with Crippen LogP contribution in [0.4, 0.5) is 0 Å². The highest BCUT2D eigenvalue weighted by molar-refractivity contribution is 7.16. The molecular weight excluding hydrogens is 266 g/mol. The number of halogens is 1. The van der Waals surface area contributed by atoms with E-state index in [9.17, 15) is 0 Å². The highest BCUT2D eigenvalue weighted by atomic mass is 35.5. The van der Waals surface area contributed by atoms with E-state index in [1.54, 1.807) is 11.3 Å². The van der Waals surface area contributed by atoms with Gasteiger partial charge in [-0.3, -0.25) is 0 Å². The van der Waals surface area contributed by atoms with Crippen LogP contribution in [-0.4, -0.2) is 19.3 Å². The fourth-order valence-electron chi connectivity index (χ4n) is 2.73. The van der Waals surface area contributed by atoms with Crippen molar-refractivity contribution in [3.63, 3.8) is 0 Å². The minimum Gasteiger partial charge on any atom is -0.378 e. The third kappa shape index (κ3) is 3.27. The first-order chi connectivity index (χ1) is 8.76. The minimum absolute atomic E-state index is 0.389. The summed E-state index contributed by atoms with van der Waals surface area (Å²) in [5.74, 6) is 0.580. The van der Waals surface area contributed by atoms with Crippen molar-refractivity contribution in [3.8, 4) is 0 Å². The Kier molecular flexibility index (Phi) is 5.49. The molecular formula is C14H22ClNOS. The van der Waals surface area contributed by atoms with Gasteiger partial charge in [-0.15, -0.1) is 11.3 Å². The molecule has 1 aliphatic heterocycles. The Morgan fingerprint density at radius 3 is 2.94 bits per heavy atom. The van der Waals surface area contributed by atoms with Crippen LogP contribution in [0.3, 0.4) is 0 Å². The Labute approximate surface area is 119 Å². The summed E-state index contributed by atoms with van der Waals surface area (Å²) in [4.78, 5) is 1.35. The van der Waals surface area contributed by atoms with Crippen LogP contribution in [0.25, 0.3) is 0 Å². The van der Waals surface area contributed by atoms with E-state index in [0.717, 1.165) is 36.8 Å². The normalized spacial score (nSPS) is 25.5. The molecule has 3 unspecified atom stereocenters. The minimum atomic E-state index is 0.389. The fourth-order valence-corrected chi connectivity index (χ4v) is 3.94. The number of thiophene rings is 1. The lowest BCUT2D eigenvalue weighted by atomic mass is 9.90. The summed E-state index contributed by atoms with van der Waals surface area (Å²) in [6.07, 6.45) is 3.78. The molecule has 102 valence electrons. The molecule has 0 aromatic carbocycles. The molecule has 4 heteroatoms. The van der Waals surface area contributed by atoms with Gasteiger partial charge in [-0.1, -0.05) is 25.4 Å². The average molecular weight is 288 g/mol. The van der Waals surface area contributed by atoms with E-state index < -0.39 is 0 Å². The Bertz CT molecular complexity index is 368. The van der Waals surface area contributed by atoms with E-state index in [0.29, 0.717) is 18.1 Å². The number of hydrogen-bond acceptors (Lipinski definition) is 3. The Hall–Kier alpha value is -0.0900. The first kappa shape index (κ1) is 14.3. The highest BCUT2D eigenvalue weighted by Crippen LogP contribution is 2.38. The first-order valence-corrected chi connectivity index (χ1v) is 8.06. The predicted molar refractivity (Wildman–Crippen MR) is 78.5 cm³/mol. The van der Waals surface area contributed by atoms with Crippen molar-refractivity contribution >= 4 is 22.9 Å².